The molecule has 1 N–H and O–H groups in total. The molecule has 17 heavy (non-hydrogen) atoms. The molecule has 1 aliphatic rings. The number of carboxylic acid groups (broad SMARTS) is 1. The Morgan fingerprint density at radius 3 is 2.41 bits per heavy atom. The SMILES string of the molecule is CC(C(=O)O)N(C)C(=O)C1CCCCC1(C)C. The molecule has 0 bridgehead atoms. The molecule has 4 heteroatoms. The Morgan fingerprint density at radius 1 is 1.35 bits per heavy atom. The van der Waals surface area contributed by atoms with E-state index in [0.29, 0.717) is 0 Å². The zero-order valence-corrected chi connectivity index (χ0v) is 11.2. The molecule has 0 aliphatic heterocycles. The molecule has 0 spiro atoms. The van der Waals surface area contributed by atoms with Gasteiger partial charge in [0.05, 0.1) is 0 Å². The fourth-order valence-electron chi connectivity index (χ4n) is 2.55. The lowest BCUT2D eigenvalue weighted by Gasteiger charge is -2.40. The zero-order valence-electron chi connectivity index (χ0n) is 11.2. The van der Waals surface area contributed by atoms with Crippen LogP contribution in [-0.4, -0.2) is 35.0 Å². The van der Waals surface area contributed by atoms with Gasteiger partial charge in [0.15, 0.2) is 0 Å². The molecule has 1 saturated carbocycles. The lowest BCUT2D eigenvalue weighted by Crippen LogP contribution is -2.47. The molecular weight excluding hydrogens is 218 g/mol. The lowest BCUT2D eigenvalue weighted by molar-refractivity contribution is -0.152. The van der Waals surface area contributed by atoms with Crippen molar-refractivity contribution < 1.29 is 14.7 Å². The third-order valence-corrected chi connectivity index (χ3v) is 4.09. The normalized spacial score (nSPS) is 25.1. The van der Waals surface area contributed by atoms with E-state index in [-0.39, 0.29) is 17.2 Å². The first-order valence-electron chi connectivity index (χ1n) is 6.27. The number of carboxylic acids is 1. The first kappa shape index (κ1) is 14.0. The van der Waals surface area contributed by atoms with Crippen LogP contribution in [0.15, 0.2) is 0 Å². The van der Waals surface area contributed by atoms with E-state index in [1.165, 1.54) is 4.90 Å². The number of carbonyl (C=O) groups excluding carboxylic acids is 1. The van der Waals surface area contributed by atoms with Gasteiger partial charge in [0.2, 0.25) is 5.91 Å². The molecule has 0 saturated heterocycles. The molecule has 1 amide bonds. The summed E-state index contributed by atoms with van der Waals surface area (Å²) < 4.78 is 0. The number of nitrogens with zero attached hydrogens (tertiary/aromatic N) is 1. The Morgan fingerprint density at radius 2 is 1.94 bits per heavy atom. The summed E-state index contributed by atoms with van der Waals surface area (Å²) in [7, 11) is 1.59. The molecule has 0 heterocycles. The van der Waals surface area contributed by atoms with E-state index in [1.54, 1.807) is 14.0 Å². The smallest absolute Gasteiger partial charge is 0.326 e. The molecule has 2 unspecified atom stereocenters. The Hall–Kier alpha value is -1.06. The van der Waals surface area contributed by atoms with Gasteiger partial charge in [-0.3, -0.25) is 4.79 Å². The Bertz CT molecular complexity index is 312. The van der Waals surface area contributed by atoms with Crippen LogP contribution >= 0.6 is 0 Å². The minimum absolute atomic E-state index is 0.0121. The van der Waals surface area contributed by atoms with E-state index in [2.05, 4.69) is 13.8 Å². The molecule has 0 radical (unpaired) electrons. The average molecular weight is 241 g/mol. The van der Waals surface area contributed by atoms with Gasteiger partial charge in [0, 0.05) is 13.0 Å². The van der Waals surface area contributed by atoms with Crippen LogP contribution in [0, 0.1) is 11.3 Å². The number of aliphatic carboxylic acids is 1. The Kier molecular flexibility index (Phi) is 4.17. The standard InChI is InChI=1S/C13H23NO3/c1-9(12(16)17)14(4)11(15)10-7-5-6-8-13(10,2)3/h9-10H,5-8H2,1-4H3,(H,16,17). The fraction of sp³-hybridized carbons (Fsp3) is 0.846. The molecule has 1 rings (SSSR count). The summed E-state index contributed by atoms with van der Waals surface area (Å²) >= 11 is 0. The number of hydrogen-bond acceptors (Lipinski definition) is 2. The third-order valence-electron chi connectivity index (χ3n) is 4.09. The van der Waals surface area contributed by atoms with Crippen molar-refractivity contribution in [2.24, 2.45) is 11.3 Å². The molecule has 2 atom stereocenters. The predicted molar refractivity (Wildman–Crippen MR) is 65.6 cm³/mol. The van der Waals surface area contributed by atoms with Crippen LogP contribution in [0.3, 0.4) is 0 Å². The predicted octanol–water partition coefficient (Wildman–Crippen LogP) is 2.13. The molecule has 4 nitrogen and oxygen atoms in total. The van der Waals surface area contributed by atoms with Crippen LogP contribution in [0.25, 0.3) is 0 Å². The van der Waals surface area contributed by atoms with Gasteiger partial charge in [0.1, 0.15) is 6.04 Å². The Labute approximate surface area is 103 Å². The summed E-state index contributed by atoms with van der Waals surface area (Å²) in [6.45, 7) is 5.76. The van der Waals surface area contributed by atoms with E-state index in [4.69, 9.17) is 5.11 Å². The van der Waals surface area contributed by atoms with E-state index >= 15 is 0 Å². The summed E-state index contributed by atoms with van der Waals surface area (Å²) in [5.74, 6) is -1.01. The highest BCUT2D eigenvalue weighted by atomic mass is 16.4. The zero-order chi connectivity index (χ0) is 13.2. The van der Waals surface area contributed by atoms with Crippen LogP contribution in [-0.2, 0) is 9.59 Å². The van der Waals surface area contributed by atoms with Gasteiger partial charge in [-0.1, -0.05) is 26.7 Å². The maximum absolute atomic E-state index is 12.3. The molecule has 0 aromatic heterocycles. The Balaban J connectivity index is 2.78. The summed E-state index contributed by atoms with van der Waals surface area (Å²) in [6.07, 6.45) is 4.14. The molecule has 0 aromatic carbocycles. The minimum atomic E-state index is -0.950. The number of likely N-dealkylation sites (N-methyl/N-ethyl adjacent to an activating group) is 1. The van der Waals surface area contributed by atoms with Gasteiger partial charge in [-0.25, -0.2) is 4.79 Å². The molecule has 0 aromatic rings. The number of carbonyl (C=O) groups is 2. The quantitative estimate of drug-likeness (QED) is 0.823. The topological polar surface area (TPSA) is 57.6 Å². The van der Waals surface area contributed by atoms with Crippen molar-refractivity contribution in [1.82, 2.24) is 4.90 Å². The van der Waals surface area contributed by atoms with Crippen LogP contribution < -0.4 is 0 Å². The van der Waals surface area contributed by atoms with E-state index in [1.807, 2.05) is 0 Å². The highest BCUT2D eigenvalue weighted by molar-refractivity contribution is 5.85. The van der Waals surface area contributed by atoms with E-state index < -0.39 is 12.0 Å². The summed E-state index contributed by atoms with van der Waals surface area (Å²) in [4.78, 5) is 24.6. The minimum Gasteiger partial charge on any atom is -0.480 e. The van der Waals surface area contributed by atoms with Gasteiger partial charge in [0.25, 0.3) is 0 Å². The van der Waals surface area contributed by atoms with Gasteiger partial charge < -0.3 is 10.0 Å². The molecule has 98 valence electrons. The van der Waals surface area contributed by atoms with Crippen molar-refractivity contribution in [3.8, 4) is 0 Å². The van der Waals surface area contributed by atoms with Crippen LogP contribution in [0.1, 0.15) is 46.5 Å². The first-order valence-corrected chi connectivity index (χ1v) is 6.27. The summed E-state index contributed by atoms with van der Waals surface area (Å²) in [5.41, 5.74) is -0.0121. The van der Waals surface area contributed by atoms with Gasteiger partial charge in [-0.15, -0.1) is 0 Å². The van der Waals surface area contributed by atoms with E-state index in [9.17, 15) is 9.59 Å². The summed E-state index contributed by atoms with van der Waals surface area (Å²) in [5, 5.41) is 8.94. The average Bonchev–Trinajstić information content (AvgIpc) is 2.25. The fourth-order valence-corrected chi connectivity index (χ4v) is 2.55. The molecular formula is C13H23NO3. The third kappa shape index (κ3) is 2.99. The summed E-state index contributed by atoms with van der Waals surface area (Å²) in [6, 6.07) is -0.750. The maximum Gasteiger partial charge on any atom is 0.326 e. The second-order valence-corrected chi connectivity index (χ2v) is 5.75. The van der Waals surface area contributed by atoms with Gasteiger partial charge in [-0.2, -0.15) is 0 Å². The second-order valence-electron chi connectivity index (χ2n) is 5.75. The van der Waals surface area contributed by atoms with Crippen molar-refractivity contribution in [2.45, 2.75) is 52.5 Å². The lowest BCUT2D eigenvalue weighted by atomic mass is 9.68. The highest BCUT2D eigenvalue weighted by Gasteiger charge is 2.39. The van der Waals surface area contributed by atoms with E-state index in [0.717, 1.165) is 25.7 Å². The highest BCUT2D eigenvalue weighted by Crippen LogP contribution is 2.41. The van der Waals surface area contributed by atoms with Crippen molar-refractivity contribution in [1.29, 1.82) is 0 Å². The monoisotopic (exact) mass is 241 g/mol. The van der Waals surface area contributed by atoms with Gasteiger partial charge >= 0.3 is 5.97 Å². The number of amides is 1. The van der Waals surface area contributed by atoms with Crippen LogP contribution in [0.5, 0.6) is 0 Å². The maximum atomic E-state index is 12.3. The second kappa shape index (κ2) is 5.07. The van der Waals surface area contributed by atoms with Crippen LogP contribution in [0.2, 0.25) is 0 Å². The van der Waals surface area contributed by atoms with Crippen LogP contribution in [0.4, 0.5) is 0 Å². The molecule has 1 fully saturated rings. The number of rotatable bonds is 3. The van der Waals surface area contributed by atoms with Crippen molar-refractivity contribution in [3.63, 3.8) is 0 Å². The largest absolute Gasteiger partial charge is 0.480 e. The van der Waals surface area contributed by atoms with Crippen molar-refractivity contribution in [3.05, 3.63) is 0 Å². The van der Waals surface area contributed by atoms with Crippen molar-refractivity contribution >= 4 is 11.9 Å². The number of hydrogen-bond donors (Lipinski definition) is 1. The van der Waals surface area contributed by atoms with Crippen molar-refractivity contribution in [2.75, 3.05) is 7.05 Å². The molecule has 1 aliphatic carbocycles. The first-order chi connectivity index (χ1) is 7.77. The van der Waals surface area contributed by atoms with Gasteiger partial charge in [-0.05, 0) is 25.2 Å².